The van der Waals surface area contributed by atoms with E-state index in [-0.39, 0.29) is 0 Å². The Morgan fingerprint density at radius 2 is 2.14 bits per heavy atom. The maximum atomic E-state index is 5.88. The van der Waals surface area contributed by atoms with Crippen LogP contribution in [0.4, 0.5) is 5.82 Å². The third-order valence-electron chi connectivity index (χ3n) is 3.97. The summed E-state index contributed by atoms with van der Waals surface area (Å²) < 4.78 is 11.5. The lowest BCUT2D eigenvalue weighted by Gasteiger charge is -2.06. The lowest BCUT2D eigenvalue weighted by Crippen LogP contribution is -2.08. The van der Waals surface area contributed by atoms with Gasteiger partial charge in [0.15, 0.2) is 11.4 Å². The molecule has 5 nitrogen and oxygen atoms in total. The van der Waals surface area contributed by atoms with Gasteiger partial charge < -0.3 is 14.5 Å². The van der Waals surface area contributed by atoms with Crippen molar-refractivity contribution in [3.8, 4) is 0 Å². The molecule has 3 aromatic rings. The molecule has 1 aromatic carbocycles. The first kappa shape index (κ1) is 13.5. The van der Waals surface area contributed by atoms with Crippen LogP contribution < -0.4 is 5.32 Å². The Morgan fingerprint density at radius 1 is 1.23 bits per heavy atom. The average molecular weight is 297 g/mol. The Labute approximate surface area is 128 Å². The largest absolute Gasteiger partial charge is 0.450 e. The maximum Gasteiger partial charge on any atom is 0.196 e. The molecule has 0 atom stereocenters. The van der Waals surface area contributed by atoms with Crippen LogP contribution in [0, 0.1) is 5.92 Å². The highest BCUT2D eigenvalue weighted by molar-refractivity contribution is 6.05. The number of fused-ring (bicyclic) bond motifs is 3. The number of hydrogen-bond donors (Lipinski definition) is 1. The molecule has 0 unspecified atom stereocenters. The number of nitrogens with one attached hydrogen (secondary N) is 1. The molecule has 0 amide bonds. The molecule has 5 heteroatoms. The number of nitrogens with zero attached hydrogens (tertiary/aromatic N) is 2. The molecular weight excluding hydrogens is 278 g/mol. The number of rotatable bonds is 7. The van der Waals surface area contributed by atoms with Crippen LogP contribution in [0.1, 0.15) is 19.3 Å². The van der Waals surface area contributed by atoms with E-state index >= 15 is 0 Å². The van der Waals surface area contributed by atoms with Gasteiger partial charge in [0, 0.05) is 25.1 Å². The Bertz CT molecular complexity index is 780. The summed E-state index contributed by atoms with van der Waals surface area (Å²) in [5, 5.41) is 4.35. The van der Waals surface area contributed by atoms with Crippen LogP contribution in [0.25, 0.3) is 22.1 Å². The maximum absolute atomic E-state index is 5.88. The summed E-state index contributed by atoms with van der Waals surface area (Å²) in [6.07, 6.45) is 5.21. The highest BCUT2D eigenvalue weighted by atomic mass is 16.5. The summed E-state index contributed by atoms with van der Waals surface area (Å²) in [5.41, 5.74) is 2.43. The standard InChI is InChI=1S/C17H19N3O2/c1-2-5-14-13(4-1)15-16(22-14)17(20-11-19-15)18-8-3-9-21-10-12-6-7-12/h1-2,4-5,11-12H,3,6-10H2,(H,18,19,20). The van der Waals surface area contributed by atoms with Crippen LogP contribution >= 0.6 is 0 Å². The molecule has 2 aromatic heterocycles. The second-order valence-electron chi connectivity index (χ2n) is 5.80. The molecule has 1 aliphatic carbocycles. The lowest BCUT2D eigenvalue weighted by atomic mass is 10.2. The monoisotopic (exact) mass is 297 g/mol. The molecule has 1 N–H and O–H groups in total. The molecular formula is C17H19N3O2. The predicted octanol–water partition coefficient (Wildman–Crippen LogP) is 3.60. The number of hydrogen-bond acceptors (Lipinski definition) is 5. The van der Waals surface area contributed by atoms with Crippen molar-refractivity contribution in [3.63, 3.8) is 0 Å². The second kappa shape index (κ2) is 5.93. The van der Waals surface area contributed by atoms with Gasteiger partial charge in [0.05, 0.1) is 0 Å². The molecule has 4 rings (SSSR count). The fraction of sp³-hybridized carbons (Fsp3) is 0.412. The van der Waals surface area contributed by atoms with Crippen molar-refractivity contribution < 1.29 is 9.15 Å². The van der Waals surface area contributed by atoms with E-state index in [1.807, 2.05) is 24.3 Å². The number of aromatic nitrogens is 2. The summed E-state index contributed by atoms with van der Waals surface area (Å²) in [7, 11) is 0. The van der Waals surface area contributed by atoms with E-state index in [4.69, 9.17) is 9.15 Å². The Hall–Kier alpha value is -2.14. The first-order chi connectivity index (χ1) is 10.9. The fourth-order valence-electron chi connectivity index (χ4n) is 2.56. The molecule has 0 radical (unpaired) electrons. The van der Waals surface area contributed by atoms with E-state index in [1.165, 1.54) is 12.8 Å². The molecule has 114 valence electrons. The zero-order chi connectivity index (χ0) is 14.8. The van der Waals surface area contributed by atoms with E-state index in [9.17, 15) is 0 Å². The van der Waals surface area contributed by atoms with Gasteiger partial charge in [-0.1, -0.05) is 12.1 Å². The third-order valence-corrected chi connectivity index (χ3v) is 3.97. The minimum atomic E-state index is 0.725. The van der Waals surface area contributed by atoms with Gasteiger partial charge in [-0.3, -0.25) is 0 Å². The van der Waals surface area contributed by atoms with E-state index in [1.54, 1.807) is 6.33 Å². The molecule has 0 spiro atoms. The quantitative estimate of drug-likeness (QED) is 0.675. The normalized spacial score (nSPS) is 14.7. The number of anilines is 1. The van der Waals surface area contributed by atoms with Crippen LogP contribution in [0.15, 0.2) is 35.0 Å². The minimum Gasteiger partial charge on any atom is -0.450 e. The van der Waals surface area contributed by atoms with Crippen LogP contribution in [0.3, 0.4) is 0 Å². The van der Waals surface area contributed by atoms with Crippen molar-refractivity contribution in [3.05, 3.63) is 30.6 Å². The van der Waals surface area contributed by atoms with Crippen molar-refractivity contribution in [2.75, 3.05) is 25.1 Å². The van der Waals surface area contributed by atoms with E-state index < -0.39 is 0 Å². The SMILES string of the molecule is c1ccc2c(c1)oc1c(NCCCOCC3CC3)ncnc12. The summed E-state index contributed by atoms with van der Waals surface area (Å²) in [5.74, 6) is 1.58. The van der Waals surface area contributed by atoms with Crippen LogP contribution in [-0.2, 0) is 4.74 Å². The van der Waals surface area contributed by atoms with E-state index in [0.717, 1.165) is 60.0 Å². The van der Waals surface area contributed by atoms with Crippen molar-refractivity contribution >= 4 is 27.9 Å². The second-order valence-corrected chi connectivity index (χ2v) is 5.80. The highest BCUT2D eigenvalue weighted by Gasteiger charge is 2.20. The number of benzene rings is 1. The van der Waals surface area contributed by atoms with Gasteiger partial charge in [-0.05, 0) is 37.3 Å². The van der Waals surface area contributed by atoms with Crippen molar-refractivity contribution in [1.82, 2.24) is 9.97 Å². The van der Waals surface area contributed by atoms with Crippen LogP contribution in [0.2, 0.25) is 0 Å². The molecule has 0 bridgehead atoms. The third kappa shape index (κ3) is 2.76. The molecule has 0 saturated heterocycles. The van der Waals surface area contributed by atoms with Gasteiger partial charge in [0.2, 0.25) is 0 Å². The van der Waals surface area contributed by atoms with Gasteiger partial charge in [0.25, 0.3) is 0 Å². The summed E-state index contributed by atoms with van der Waals surface area (Å²) in [6, 6.07) is 7.92. The van der Waals surface area contributed by atoms with Gasteiger partial charge in [-0.25, -0.2) is 9.97 Å². The zero-order valence-electron chi connectivity index (χ0n) is 12.4. The highest BCUT2D eigenvalue weighted by Crippen LogP contribution is 2.30. The molecule has 2 heterocycles. The fourth-order valence-corrected chi connectivity index (χ4v) is 2.56. The van der Waals surface area contributed by atoms with Crippen LogP contribution in [-0.4, -0.2) is 29.7 Å². The van der Waals surface area contributed by atoms with Crippen molar-refractivity contribution in [2.45, 2.75) is 19.3 Å². The van der Waals surface area contributed by atoms with E-state index in [2.05, 4.69) is 15.3 Å². The van der Waals surface area contributed by atoms with Crippen molar-refractivity contribution in [2.24, 2.45) is 5.92 Å². The van der Waals surface area contributed by atoms with E-state index in [0.29, 0.717) is 0 Å². The Kier molecular flexibility index (Phi) is 3.64. The topological polar surface area (TPSA) is 60.2 Å². The molecule has 1 fully saturated rings. The average Bonchev–Trinajstić information content (AvgIpc) is 3.29. The summed E-state index contributed by atoms with van der Waals surface area (Å²) in [4.78, 5) is 8.65. The van der Waals surface area contributed by atoms with Gasteiger partial charge >= 0.3 is 0 Å². The van der Waals surface area contributed by atoms with Gasteiger partial charge in [-0.2, -0.15) is 0 Å². The number of ether oxygens (including phenoxy) is 1. The lowest BCUT2D eigenvalue weighted by molar-refractivity contribution is 0.124. The van der Waals surface area contributed by atoms with Gasteiger partial charge in [0.1, 0.15) is 17.4 Å². The molecule has 1 saturated carbocycles. The minimum absolute atomic E-state index is 0.725. The Morgan fingerprint density at radius 3 is 3.05 bits per heavy atom. The molecule has 1 aliphatic rings. The predicted molar refractivity (Wildman–Crippen MR) is 86.0 cm³/mol. The molecule has 22 heavy (non-hydrogen) atoms. The smallest absolute Gasteiger partial charge is 0.196 e. The number of para-hydroxylation sites is 1. The van der Waals surface area contributed by atoms with Crippen LogP contribution in [0.5, 0.6) is 0 Å². The number of furan rings is 1. The van der Waals surface area contributed by atoms with Gasteiger partial charge in [-0.15, -0.1) is 0 Å². The Balaban J connectivity index is 1.42. The zero-order valence-corrected chi connectivity index (χ0v) is 12.4. The molecule has 0 aliphatic heterocycles. The first-order valence-electron chi connectivity index (χ1n) is 7.85. The van der Waals surface area contributed by atoms with Crippen molar-refractivity contribution in [1.29, 1.82) is 0 Å². The first-order valence-corrected chi connectivity index (χ1v) is 7.85. The summed E-state index contributed by atoms with van der Waals surface area (Å²) >= 11 is 0. The summed E-state index contributed by atoms with van der Waals surface area (Å²) in [6.45, 7) is 2.52.